The molecule has 2 aromatic rings. The van der Waals surface area contributed by atoms with Gasteiger partial charge in [0, 0.05) is 0 Å². The number of aryl methyl sites for hydroxylation is 1. The second kappa shape index (κ2) is 8.97. The first-order valence-corrected chi connectivity index (χ1v) is 8.33. The summed E-state index contributed by atoms with van der Waals surface area (Å²) in [6.45, 7) is 6.41. The van der Waals surface area contributed by atoms with Crippen LogP contribution in [-0.4, -0.2) is 26.2 Å². The molecule has 2 aromatic carbocycles. The average molecular weight is 343 g/mol. The Labute approximate surface area is 148 Å². The Balaban J connectivity index is 1.89. The van der Waals surface area contributed by atoms with Crippen LogP contribution in [0, 0.1) is 6.92 Å². The zero-order valence-electron chi connectivity index (χ0n) is 15.2. The molecule has 1 N–H and O–H groups in total. The maximum atomic E-state index is 12.1. The number of hydrogen-bond donors (Lipinski definition) is 1. The molecule has 0 heterocycles. The quantitative estimate of drug-likeness (QED) is 0.795. The van der Waals surface area contributed by atoms with Gasteiger partial charge in [-0.25, -0.2) is 0 Å². The summed E-state index contributed by atoms with van der Waals surface area (Å²) in [5.41, 5.74) is 2.07. The first-order valence-electron chi connectivity index (χ1n) is 8.33. The predicted molar refractivity (Wildman–Crippen MR) is 97.4 cm³/mol. The van der Waals surface area contributed by atoms with E-state index in [1.165, 1.54) is 0 Å². The lowest BCUT2D eigenvalue weighted by molar-refractivity contribution is -0.123. The third-order valence-electron chi connectivity index (χ3n) is 3.75. The molecule has 0 aliphatic rings. The summed E-state index contributed by atoms with van der Waals surface area (Å²) in [6, 6.07) is 13.2. The van der Waals surface area contributed by atoms with Crippen molar-refractivity contribution in [2.75, 3.05) is 20.3 Å². The summed E-state index contributed by atoms with van der Waals surface area (Å²) in [5.74, 6) is 1.80. The number of amides is 1. The van der Waals surface area contributed by atoms with Crippen LogP contribution in [0.5, 0.6) is 17.2 Å². The van der Waals surface area contributed by atoms with Gasteiger partial charge in [0.1, 0.15) is 5.75 Å². The number of methoxy groups -OCH3 is 1. The lowest BCUT2D eigenvalue weighted by Gasteiger charge is -2.16. The van der Waals surface area contributed by atoms with Crippen LogP contribution in [0.25, 0.3) is 0 Å². The minimum Gasteiger partial charge on any atom is -0.494 e. The summed E-state index contributed by atoms with van der Waals surface area (Å²) >= 11 is 0. The normalized spacial score (nSPS) is 11.5. The van der Waals surface area contributed by atoms with Crippen molar-refractivity contribution in [2.24, 2.45) is 0 Å². The lowest BCUT2D eigenvalue weighted by Crippen LogP contribution is -2.31. The van der Waals surface area contributed by atoms with Crippen LogP contribution in [0.2, 0.25) is 0 Å². The van der Waals surface area contributed by atoms with E-state index in [2.05, 4.69) is 5.32 Å². The van der Waals surface area contributed by atoms with Crippen molar-refractivity contribution in [3.05, 3.63) is 53.6 Å². The largest absolute Gasteiger partial charge is 0.494 e. The van der Waals surface area contributed by atoms with Gasteiger partial charge in [-0.15, -0.1) is 0 Å². The Morgan fingerprint density at radius 1 is 1.08 bits per heavy atom. The molecule has 0 saturated carbocycles. The number of ether oxygens (including phenoxy) is 3. The fourth-order valence-corrected chi connectivity index (χ4v) is 2.42. The van der Waals surface area contributed by atoms with E-state index in [-0.39, 0.29) is 18.6 Å². The fourth-order valence-electron chi connectivity index (χ4n) is 2.42. The van der Waals surface area contributed by atoms with Crippen LogP contribution >= 0.6 is 0 Å². The van der Waals surface area contributed by atoms with Crippen molar-refractivity contribution in [2.45, 2.75) is 26.8 Å². The van der Waals surface area contributed by atoms with Crippen molar-refractivity contribution in [3.63, 3.8) is 0 Å². The monoisotopic (exact) mass is 343 g/mol. The van der Waals surface area contributed by atoms with Crippen LogP contribution in [0.3, 0.4) is 0 Å². The second-order valence-corrected chi connectivity index (χ2v) is 5.73. The van der Waals surface area contributed by atoms with Gasteiger partial charge in [-0.05, 0) is 56.2 Å². The highest BCUT2D eigenvalue weighted by Gasteiger charge is 2.12. The van der Waals surface area contributed by atoms with E-state index in [1.807, 2.05) is 57.2 Å². The van der Waals surface area contributed by atoms with Gasteiger partial charge in [0.15, 0.2) is 18.1 Å². The van der Waals surface area contributed by atoms with Crippen molar-refractivity contribution >= 4 is 5.91 Å². The smallest absolute Gasteiger partial charge is 0.258 e. The van der Waals surface area contributed by atoms with E-state index >= 15 is 0 Å². The van der Waals surface area contributed by atoms with E-state index in [0.717, 1.165) is 16.9 Å². The predicted octanol–water partition coefficient (Wildman–Crippen LogP) is 3.66. The molecule has 0 radical (unpaired) electrons. The summed E-state index contributed by atoms with van der Waals surface area (Å²) < 4.78 is 16.3. The number of nitrogens with one attached hydrogen (secondary N) is 1. The van der Waals surface area contributed by atoms with Crippen LogP contribution in [0.4, 0.5) is 0 Å². The Hall–Kier alpha value is -2.69. The Bertz CT molecular complexity index is 697. The molecule has 5 nitrogen and oxygen atoms in total. The highest BCUT2D eigenvalue weighted by atomic mass is 16.5. The van der Waals surface area contributed by atoms with Gasteiger partial charge in [-0.1, -0.05) is 18.2 Å². The maximum Gasteiger partial charge on any atom is 0.258 e. The maximum absolute atomic E-state index is 12.1. The summed E-state index contributed by atoms with van der Waals surface area (Å²) in [4.78, 5) is 12.1. The molecular formula is C20H25NO4. The minimum absolute atomic E-state index is 0.0687. The number of hydrogen-bond acceptors (Lipinski definition) is 4. The molecule has 25 heavy (non-hydrogen) atoms. The van der Waals surface area contributed by atoms with Gasteiger partial charge in [0.25, 0.3) is 5.91 Å². The number of rotatable bonds is 8. The molecule has 0 aromatic heterocycles. The van der Waals surface area contributed by atoms with E-state index in [9.17, 15) is 4.79 Å². The molecule has 2 rings (SSSR count). The first kappa shape index (κ1) is 18.6. The molecule has 0 aliphatic heterocycles. The number of carbonyl (C=O) groups excluding carboxylic acids is 1. The lowest BCUT2D eigenvalue weighted by atomic mass is 10.1. The summed E-state index contributed by atoms with van der Waals surface area (Å²) in [7, 11) is 1.58. The minimum atomic E-state index is -0.191. The van der Waals surface area contributed by atoms with Crippen molar-refractivity contribution in [1.82, 2.24) is 5.32 Å². The number of carbonyl (C=O) groups is 1. The van der Waals surface area contributed by atoms with Crippen LogP contribution in [0.15, 0.2) is 42.5 Å². The third kappa shape index (κ3) is 5.41. The van der Waals surface area contributed by atoms with Crippen molar-refractivity contribution in [3.8, 4) is 17.2 Å². The van der Waals surface area contributed by atoms with Gasteiger partial charge in [-0.3, -0.25) is 4.79 Å². The Morgan fingerprint density at radius 3 is 2.44 bits per heavy atom. The number of benzene rings is 2. The van der Waals surface area contributed by atoms with Gasteiger partial charge < -0.3 is 19.5 Å². The van der Waals surface area contributed by atoms with Crippen molar-refractivity contribution < 1.29 is 19.0 Å². The SMILES string of the molecule is CCOc1ccc(C(C)NC(=O)COc2ccc(C)cc2OC)cc1. The fraction of sp³-hybridized carbons (Fsp3) is 0.350. The van der Waals surface area contributed by atoms with Crippen LogP contribution in [-0.2, 0) is 4.79 Å². The third-order valence-corrected chi connectivity index (χ3v) is 3.75. The molecule has 1 unspecified atom stereocenters. The molecule has 5 heteroatoms. The summed E-state index contributed by atoms with van der Waals surface area (Å²) in [6.07, 6.45) is 0. The van der Waals surface area contributed by atoms with Gasteiger partial charge in [0.2, 0.25) is 0 Å². The molecule has 0 fully saturated rings. The zero-order valence-corrected chi connectivity index (χ0v) is 15.2. The van der Waals surface area contributed by atoms with Crippen LogP contribution < -0.4 is 19.5 Å². The molecule has 0 saturated heterocycles. The standard InChI is InChI=1S/C20H25NO4/c1-5-24-17-9-7-16(8-10-17)15(3)21-20(22)13-25-18-11-6-14(2)12-19(18)23-4/h6-12,15H,5,13H2,1-4H3,(H,21,22). The van der Waals surface area contributed by atoms with E-state index in [4.69, 9.17) is 14.2 Å². The molecule has 134 valence electrons. The van der Waals surface area contributed by atoms with Gasteiger partial charge in [-0.2, -0.15) is 0 Å². The molecule has 0 aliphatic carbocycles. The Morgan fingerprint density at radius 2 is 1.80 bits per heavy atom. The highest BCUT2D eigenvalue weighted by Crippen LogP contribution is 2.27. The summed E-state index contributed by atoms with van der Waals surface area (Å²) in [5, 5.41) is 2.92. The van der Waals surface area contributed by atoms with E-state index < -0.39 is 0 Å². The average Bonchev–Trinajstić information content (AvgIpc) is 2.61. The molecule has 1 amide bonds. The van der Waals surface area contributed by atoms with Crippen LogP contribution in [0.1, 0.15) is 31.0 Å². The molecular weight excluding hydrogens is 318 g/mol. The molecule has 1 atom stereocenters. The van der Waals surface area contributed by atoms with Gasteiger partial charge >= 0.3 is 0 Å². The zero-order chi connectivity index (χ0) is 18.2. The van der Waals surface area contributed by atoms with Crippen molar-refractivity contribution in [1.29, 1.82) is 0 Å². The Kier molecular flexibility index (Phi) is 6.69. The molecule has 0 spiro atoms. The second-order valence-electron chi connectivity index (χ2n) is 5.73. The highest BCUT2D eigenvalue weighted by molar-refractivity contribution is 5.78. The first-order chi connectivity index (χ1) is 12.0. The topological polar surface area (TPSA) is 56.8 Å². The van der Waals surface area contributed by atoms with E-state index in [1.54, 1.807) is 13.2 Å². The van der Waals surface area contributed by atoms with Gasteiger partial charge in [0.05, 0.1) is 19.8 Å². The molecule has 0 bridgehead atoms. The van der Waals surface area contributed by atoms with E-state index in [0.29, 0.717) is 18.1 Å².